The topological polar surface area (TPSA) is 97.0 Å². The quantitative estimate of drug-likeness (QED) is 0.580. The maximum Gasteiger partial charge on any atom is 0.225 e. The normalized spacial score (nSPS) is 23.0. The van der Waals surface area contributed by atoms with Gasteiger partial charge in [0.1, 0.15) is 11.6 Å². The molecule has 0 spiro atoms. The van der Waals surface area contributed by atoms with Gasteiger partial charge in [-0.1, -0.05) is 6.07 Å². The van der Waals surface area contributed by atoms with Gasteiger partial charge >= 0.3 is 0 Å². The van der Waals surface area contributed by atoms with Gasteiger partial charge in [0.25, 0.3) is 0 Å². The first kappa shape index (κ1) is 22.0. The van der Waals surface area contributed by atoms with E-state index in [9.17, 15) is 4.79 Å². The Morgan fingerprint density at radius 2 is 1.97 bits per heavy atom. The Bertz CT molecular complexity index is 1120. The van der Waals surface area contributed by atoms with Gasteiger partial charge in [0.15, 0.2) is 0 Å². The number of carbonyl (C=O) groups is 1. The fourth-order valence-electron chi connectivity index (χ4n) is 4.81. The zero-order chi connectivity index (χ0) is 22.8. The standard InChI is InChI=1S/C25H30N6OS/c1-16-9-11-27-23(13-16)30-22-4-2-3-20(29-22)21-14-28-24(33-21)17-5-7-18(8-6-17)25(32)31-12-10-19(26)15-31/h2-4,9,11,13-14,17-19H,5-8,10,12,15,26H2,1H3,(H,27,29,30). The van der Waals surface area contributed by atoms with Gasteiger partial charge in [-0.15, -0.1) is 11.3 Å². The number of carbonyl (C=O) groups excluding carboxylic acids is 1. The molecule has 3 aromatic rings. The first-order valence-corrected chi connectivity index (χ1v) is 12.5. The van der Waals surface area contributed by atoms with Crippen LogP contribution in [0, 0.1) is 12.8 Å². The number of rotatable bonds is 5. The number of aromatic nitrogens is 3. The van der Waals surface area contributed by atoms with Crippen LogP contribution in [0.1, 0.15) is 48.6 Å². The summed E-state index contributed by atoms with van der Waals surface area (Å²) in [6.07, 6.45) is 8.54. The molecule has 172 valence electrons. The summed E-state index contributed by atoms with van der Waals surface area (Å²) in [6, 6.07) is 10.1. The fraction of sp³-hybridized carbons (Fsp3) is 0.440. The van der Waals surface area contributed by atoms with Gasteiger partial charge in [-0.05, 0) is 68.9 Å². The van der Waals surface area contributed by atoms with E-state index >= 15 is 0 Å². The highest BCUT2D eigenvalue weighted by atomic mass is 32.1. The van der Waals surface area contributed by atoms with Crippen LogP contribution in [0.25, 0.3) is 10.6 Å². The monoisotopic (exact) mass is 462 g/mol. The van der Waals surface area contributed by atoms with Crippen LogP contribution < -0.4 is 11.1 Å². The van der Waals surface area contributed by atoms with Crippen LogP contribution in [-0.4, -0.2) is 44.9 Å². The van der Waals surface area contributed by atoms with Gasteiger partial charge in [-0.3, -0.25) is 4.79 Å². The van der Waals surface area contributed by atoms with E-state index in [0.29, 0.717) is 11.8 Å². The Morgan fingerprint density at radius 1 is 1.12 bits per heavy atom. The lowest BCUT2D eigenvalue weighted by Crippen LogP contribution is -2.37. The number of thiazole rings is 1. The third-order valence-corrected chi connectivity index (χ3v) is 7.84. The van der Waals surface area contributed by atoms with Crippen molar-refractivity contribution in [3.8, 4) is 10.6 Å². The molecule has 8 heteroatoms. The summed E-state index contributed by atoms with van der Waals surface area (Å²) < 4.78 is 0. The van der Waals surface area contributed by atoms with Crippen molar-refractivity contribution in [1.29, 1.82) is 0 Å². The molecule has 1 aliphatic carbocycles. The van der Waals surface area contributed by atoms with E-state index in [2.05, 4.69) is 10.3 Å². The Hall–Kier alpha value is -2.84. The highest BCUT2D eigenvalue weighted by Crippen LogP contribution is 2.40. The molecule has 0 radical (unpaired) electrons. The number of anilines is 2. The first-order chi connectivity index (χ1) is 16.0. The van der Waals surface area contributed by atoms with Crippen molar-refractivity contribution in [2.24, 2.45) is 11.7 Å². The van der Waals surface area contributed by atoms with Crippen LogP contribution in [0.4, 0.5) is 11.6 Å². The maximum absolute atomic E-state index is 12.8. The zero-order valence-electron chi connectivity index (χ0n) is 18.9. The van der Waals surface area contributed by atoms with E-state index in [1.807, 2.05) is 48.4 Å². The molecule has 33 heavy (non-hydrogen) atoms. The lowest BCUT2D eigenvalue weighted by Gasteiger charge is -2.29. The second kappa shape index (κ2) is 9.57. The summed E-state index contributed by atoms with van der Waals surface area (Å²) >= 11 is 1.72. The highest BCUT2D eigenvalue weighted by Gasteiger charge is 2.33. The smallest absolute Gasteiger partial charge is 0.225 e. The number of nitrogens with two attached hydrogens (primary N) is 1. The lowest BCUT2D eigenvalue weighted by atomic mass is 9.81. The van der Waals surface area contributed by atoms with Crippen molar-refractivity contribution in [2.75, 3.05) is 18.4 Å². The molecule has 2 fully saturated rings. The van der Waals surface area contributed by atoms with Gasteiger partial charge in [0.2, 0.25) is 5.91 Å². The molecule has 0 aromatic carbocycles. The van der Waals surface area contributed by atoms with E-state index < -0.39 is 0 Å². The average Bonchev–Trinajstić information content (AvgIpc) is 3.49. The van der Waals surface area contributed by atoms with E-state index in [0.717, 1.165) is 78.0 Å². The molecule has 7 nitrogen and oxygen atoms in total. The molecule has 5 rings (SSSR count). The number of hydrogen-bond acceptors (Lipinski definition) is 7. The molecule has 1 amide bonds. The predicted octanol–water partition coefficient (Wildman–Crippen LogP) is 4.49. The van der Waals surface area contributed by atoms with Gasteiger partial charge < -0.3 is 16.0 Å². The van der Waals surface area contributed by atoms with Crippen molar-refractivity contribution in [1.82, 2.24) is 19.9 Å². The number of pyridine rings is 2. The van der Waals surface area contributed by atoms with Crippen LogP contribution >= 0.6 is 11.3 Å². The van der Waals surface area contributed by atoms with Crippen LogP contribution in [0.5, 0.6) is 0 Å². The summed E-state index contributed by atoms with van der Waals surface area (Å²) in [5, 5.41) is 4.44. The van der Waals surface area contributed by atoms with Gasteiger partial charge in [-0.25, -0.2) is 15.0 Å². The number of nitrogens with one attached hydrogen (secondary N) is 1. The van der Waals surface area contributed by atoms with Crippen LogP contribution in [0.2, 0.25) is 0 Å². The fourth-order valence-corrected chi connectivity index (χ4v) is 5.86. The third-order valence-electron chi connectivity index (χ3n) is 6.66. The summed E-state index contributed by atoms with van der Waals surface area (Å²) in [5.41, 5.74) is 8.04. The molecule has 1 atom stereocenters. The van der Waals surface area contributed by atoms with Crippen molar-refractivity contribution >= 4 is 28.9 Å². The molecule has 3 aromatic heterocycles. The number of likely N-dealkylation sites (tertiary alicyclic amines) is 1. The lowest BCUT2D eigenvalue weighted by molar-refractivity contribution is -0.135. The molecule has 1 saturated heterocycles. The number of hydrogen-bond donors (Lipinski definition) is 2. The molecule has 1 saturated carbocycles. The Balaban J connectivity index is 1.21. The Morgan fingerprint density at radius 3 is 2.73 bits per heavy atom. The summed E-state index contributed by atoms with van der Waals surface area (Å²) in [4.78, 5) is 29.7. The minimum absolute atomic E-state index is 0.144. The second-order valence-corrected chi connectivity index (χ2v) is 10.3. The zero-order valence-corrected chi connectivity index (χ0v) is 19.7. The van der Waals surface area contributed by atoms with E-state index in [1.54, 1.807) is 17.5 Å². The van der Waals surface area contributed by atoms with Crippen molar-refractivity contribution in [3.05, 3.63) is 53.3 Å². The molecular weight excluding hydrogens is 432 g/mol. The molecule has 4 heterocycles. The minimum atomic E-state index is 0.144. The molecule has 0 bridgehead atoms. The molecule has 1 unspecified atom stereocenters. The SMILES string of the molecule is Cc1ccnc(Nc2cccc(-c3cnc(C4CCC(C(=O)N5CCC(N)C5)CC4)s3)n2)c1. The van der Waals surface area contributed by atoms with Gasteiger partial charge in [0.05, 0.1) is 15.6 Å². The largest absolute Gasteiger partial charge is 0.341 e. The molecule has 2 aliphatic rings. The maximum atomic E-state index is 12.8. The summed E-state index contributed by atoms with van der Waals surface area (Å²) in [5.74, 6) is 2.42. The molecular formula is C25H30N6OS. The van der Waals surface area contributed by atoms with E-state index in [-0.39, 0.29) is 12.0 Å². The van der Waals surface area contributed by atoms with Crippen molar-refractivity contribution < 1.29 is 4.79 Å². The molecule has 1 aliphatic heterocycles. The summed E-state index contributed by atoms with van der Waals surface area (Å²) in [6.45, 7) is 3.58. The van der Waals surface area contributed by atoms with Crippen LogP contribution in [-0.2, 0) is 4.79 Å². The Kier molecular flexibility index (Phi) is 6.37. The Labute approximate surface area is 198 Å². The number of nitrogens with zero attached hydrogens (tertiary/aromatic N) is 4. The average molecular weight is 463 g/mol. The van der Waals surface area contributed by atoms with E-state index in [4.69, 9.17) is 15.7 Å². The van der Waals surface area contributed by atoms with Gasteiger partial charge in [0, 0.05) is 43.4 Å². The van der Waals surface area contributed by atoms with Gasteiger partial charge in [-0.2, -0.15) is 0 Å². The number of aryl methyl sites for hydroxylation is 1. The second-order valence-electron chi connectivity index (χ2n) is 9.20. The first-order valence-electron chi connectivity index (χ1n) is 11.7. The number of amides is 1. The minimum Gasteiger partial charge on any atom is -0.341 e. The van der Waals surface area contributed by atoms with Crippen LogP contribution in [0.15, 0.2) is 42.7 Å². The third kappa shape index (κ3) is 5.07. The van der Waals surface area contributed by atoms with Crippen molar-refractivity contribution in [2.45, 2.75) is 51.0 Å². The highest BCUT2D eigenvalue weighted by molar-refractivity contribution is 7.15. The molecule has 3 N–H and O–H groups in total. The summed E-state index contributed by atoms with van der Waals surface area (Å²) in [7, 11) is 0. The van der Waals surface area contributed by atoms with Crippen LogP contribution in [0.3, 0.4) is 0 Å². The van der Waals surface area contributed by atoms with Crippen molar-refractivity contribution in [3.63, 3.8) is 0 Å². The van der Waals surface area contributed by atoms with E-state index in [1.165, 1.54) is 0 Å². The predicted molar refractivity (Wildman–Crippen MR) is 131 cm³/mol.